The standard InChI is InChI=1S/C20H24N2O3/c1-20(2,3)25-19(23)22-12-10-14(11-13-22)16-7-5-6-15-8-9-17(24-4)21-18(15)16/h5-10H,11-13H2,1-4H3. The number of nitrogens with zero attached hydrogens (tertiary/aromatic N) is 2. The summed E-state index contributed by atoms with van der Waals surface area (Å²) in [6.45, 7) is 6.83. The van der Waals surface area contributed by atoms with Crippen LogP contribution in [0.1, 0.15) is 32.8 Å². The highest BCUT2D eigenvalue weighted by atomic mass is 16.6. The zero-order valence-corrected chi connectivity index (χ0v) is 15.2. The van der Waals surface area contributed by atoms with E-state index in [4.69, 9.17) is 9.47 Å². The number of carbonyl (C=O) groups is 1. The molecule has 2 aromatic rings. The van der Waals surface area contributed by atoms with Gasteiger partial charge in [-0.15, -0.1) is 0 Å². The molecule has 0 saturated carbocycles. The van der Waals surface area contributed by atoms with E-state index in [-0.39, 0.29) is 6.09 Å². The Kier molecular flexibility index (Phi) is 4.66. The predicted octanol–water partition coefficient (Wildman–Crippen LogP) is 4.27. The van der Waals surface area contributed by atoms with Gasteiger partial charge in [-0.1, -0.05) is 24.3 Å². The molecule has 0 unspecified atom stereocenters. The molecule has 2 heterocycles. The van der Waals surface area contributed by atoms with Crippen LogP contribution < -0.4 is 4.74 Å². The van der Waals surface area contributed by atoms with Crippen molar-refractivity contribution in [1.29, 1.82) is 0 Å². The van der Waals surface area contributed by atoms with Crippen LogP contribution in [-0.2, 0) is 4.74 Å². The molecule has 1 aliphatic heterocycles. The first-order valence-corrected chi connectivity index (χ1v) is 8.48. The van der Waals surface area contributed by atoms with E-state index in [2.05, 4.69) is 17.1 Å². The number of aromatic nitrogens is 1. The second-order valence-corrected chi connectivity index (χ2v) is 7.14. The lowest BCUT2D eigenvalue weighted by atomic mass is 9.97. The quantitative estimate of drug-likeness (QED) is 0.819. The highest BCUT2D eigenvalue weighted by Crippen LogP contribution is 2.29. The monoisotopic (exact) mass is 340 g/mol. The van der Waals surface area contributed by atoms with Gasteiger partial charge in [0.05, 0.1) is 12.6 Å². The Hall–Kier alpha value is -2.56. The molecule has 0 spiro atoms. The number of carbonyl (C=O) groups excluding carboxylic acids is 1. The molecule has 5 nitrogen and oxygen atoms in total. The topological polar surface area (TPSA) is 51.7 Å². The highest BCUT2D eigenvalue weighted by Gasteiger charge is 2.24. The van der Waals surface area contributed by atoms with Crippen molar-refractivity contribution in [3.63, 3.8) is 0 Å². The molecule has 0 aliphatic carbocycles. The number of hydrogen-bond donors (Lipinski definition) is 0. The van der Waals surface area contributed by atoms with Gasteiger partial charge in [0.1, 0.15) is 5.60 Å². The number of pyridine rings is 1. The van der Waals surface area contributed by atoms with Crippen LogP contribution in [0.25, 0.3) is 16.5 Å². The van der Waals surface area contributed by atoms with Gasteiger partial charge in [-0.05, 0) is 38.8 Å². The van der Waals surface area contributed by atoms with E-state index in [9.17, 15) is 4.79 Å². The van der Waals surface area contributed by atoms with Crippen LogP contribution >= 0.6 is 0 Å². The van der Waals surface area contributed by atoms with Crippen molar-refractivity contribution in [3.8, 4) is 5.88 Å². The lowest BCUT2D eigenvalue weighted by Gasteiger charge is -2.29. The van der Waals surface area contributed by atoms with Gasteiger partial charge in [-0.25, -0.2) is 9.78 Å². The van der Waals surface area contributed by atoms with E-state index in [1.54, 1.807) is 12.0 Å². The summed E-state index contributed by atoms with van der Waals surface area (Å²) in [5.41, 5.74) is 2.75. The van der Waals surface area contributed by atoms with Crippen molar-refractivity contribution in [2.45, 2.75) is 32.8 Å². The van der Waals surface area contributed by atoms with Crippen molar-refractivity contribution < 1.29 is 14.3 Å². The van der Waals surface area contributed by atoms with Gasteiger partial charge < -0.3 is 14.4 Å². The SMILES string of the molecule is COc1ccc2cccc(C3=CCN(C(=O)OC(C)(C)C)CC3)c2n1. The number of benzene rings is 1. The van der Waals surface area contributed by atoms with Gasteiger partial charge in [-0.3, -0.25) is 0 Å². The summed E-state index contributed by atoms with van der Waals surface area (Å²) >= 11 is 0. The smallest absolute Gasteiger partial charge is 0.410 e. The van der Waals surface area contributed by atoms with Crippen molar-refractivity contribution in [2.75, 3.05) is 20.2 Å². The van der Waals surface area contributed by atoms with Crippen LogP contribution in [0.4, 0.5) is 4.79 Å². The van der Waals surface area contributed by atoms with E-state index < -0.39 is 5.60 Å². The van der Waals surface area contributed by atoms with Gasteiger partial charge in [0.2, 0.25) is 5.88 Å². The average Bonchev–Trinajstić information content (AvgIpc) is 2.59. The minimum absolute atomic E-state index is 0.263. The molecule has 1 aromatic carbocycles. The fraction of sp³-hybridized carbons (Fsp3) is 0.400. The lowest BCUT2D eigenvalue weighted by molar-refractivity contribution is 0.0270. The van der Waals surface area contributed by atoms with E-state index in [1.807, 2.05) is 45.0 Å². The maximum atomic E-state index is 12.2. The molecule has 1 amide bonds. The minimum Gasteiger partial charge on any atom is -0.481 e. The van der Waals surface area contributed by atoms with E-state index in [0.29, 0.717) is 19.0 Å². The number of rotatable bonds is 2. The van der Waals surface area contributed by atoms with Crippen molar-refractivity contribution >= 4 is 22.6 Å². The maximum Gasteiger partial charge on any atom is 0.410 e. The molecule has 1 aliphatic rings. The van der Waals surface area contributed by atoms with E-state index >= 15 is 0 Å². The summed E-state index contributed by atoms with van der Waals surface area (Å²) in [4.78, 5) is 18.5. The summed E-state index contributed by atoms with van der Waals surface area (Å²) in [7, 11) is 1.62. The second kappa shape index (κ2) is 6.75. The molecule has 132 valence electrons. The Morgan fingerprint density at radius 3 is 2.64 bits per heavy atom. The molecule has 0 N–H and O–H groups in total. The highest BCUT2D eigenvalue weighted by molar-refractivity contribution is 5.91. The predicted molar refractivity (Wildman–Crippen MR) is 98.7 cm³/mol. The molecule has 0 radical (unpaired) electrons. The lowest BCUT2D eigenvalue weighted by Crippen LogP contribution is -2.39. The number of para-hydroxylation sites is 1. The first kappa shape index (κ1) is 17.3. The van der Waals surface area contributed by atoms with Gasteiger partial charge >= 0.3 is 6.09 Å². The third kappa shape index (κ3) is 3.92. The number of methoxy groups -OCH3 is 1. The first-order chi connectivity index (χ1) is 11.9. The Labute approximate surface area is 148 Å². The average molecular weight is 340 g/mol. The molecule has 0 bridgehead atoms. The summed E-state index contributed by atoms with van der Waals surface area (Å²) in [5, 5.41) is 1.08. The number of fused-ring (bicyclic) bond motifs is 1. The van der Waals surface area contributed by atoms with Crippen LogP contribution in [0.15, 0.2) is 36.4 Å². The Morgan fingerprint density at radius 2 is 2.00 bits per heavy atom. The van der Waals surface area contributed by atoms with Gasteiger partial charge in [0.25, 0.3) is 0 Å². The van der Waals surface area contributed by atoms with Crippen molar-refractivity contribution in [1.82, 2.24) is 9.88 Å². The summed E-state index contributed by atoms with van der Waals surface area (Å²) in [5.74, 6) is 0.603. The number of amides is 1. The molecule has 0 atom stereocenters. The summed E-state index contributed by atoms with van der Waals surface area (Å²) in [6, 6.07) is 10.0. The molecule has 25 heavy (non-hydrogen) atoms. The second-order valence-electron chi connectivity index (χ2n) is 7.14. The third-order valence-corrected chi connectivity index (χ3v) is 4.11. The normalized spacial score (nSPS) is 15.0. The summed E-state index contributed by atoms with van der Waals surface area (Å²) < 4.78 is 10.7. The third-order valence-electron chi connectivity index (χ3n) is 4.11. The fourth-order valence-corrected chi connectivity index (χ4v) is 2.91. The Morgan fingerprint density at radius 1 is 1.20 bits per heavy atom. The van der Waals surface area contributed by atoms with Crippen molar-refractivity contribution in [2.24, 2.45) is 0 Å². The number of ether oxygens (including phenoxy) is 2. The van der Waals surface area contributed by atoms with E-state index in [0.717, 1.165) is 22.9 Å². The van der Waals surface area contributed by atoms with Crippen LogP contribution in [0.3, 0.4) is 0 Å². The molecule has 5 heteroatoms. The molecule has 0 saturated heterocycles. The molecular formula is C20H24N2O3. The number of hydrogen-bond acceptors (Lipinski definition) is 4. The van der Waals surface area contributed by atoms with Gasteiger partial charge in [-0.2, -0.15) is 0 Å². The zero-order chi connectivity index (χ0) is 18.0. The van der Waals surface area contributed by atoms with Crippen LogP contribution in [-0.4, -0.2) is 41.8 Å². The Balaban J connectivity index is 1.84. The molecule has 3 rings (SSSR count). The van der Waals surface area contributed by atoms with Gasteiger partial charge in [0, 0.05) is 30.1 Å². The van der Waals surface area contributed by atoms with Gasteiger partial charge in [0.15, 0.2) is 0 Å². The fourth-order valence-electron chi connectivity index (χ4n) is 2.91. The molecular weight excluding hydrogens is 316 g/mol. The van der Waals surface area contributed by atoms with Crippen molar-refractivity contribution in [3.05, 3.63) is 42.0 Å². The maximum absolute atomic E-state index is 12.2. The van der Waals surface area contributed by atoms with Crippen LogP contribution in [0, 0.1) is 0 Å². The Bertz CT molecular complexity index is 821. The summed E-state index contributed by atoms with van der Waals surface area (Å²) in [6.07, 6.45) is 2.60. The largest absolute Gasteiger partial charge is 0.481 e. The van der Waals surface area contributed by atoms with E-state index in [1.165, 1.54) is 5.57 Å². The minimum atomic E-state index is -0.475. The van der Waals surface area contributed by atoms with Crippen LogP contribution in [0.2, 0.25) is 0 Å². The first-order valence-electron chi connectivity index (χ1n) is 8.48. The zero-order valence-electron chi connectivity index (χ0n) is 15.2. The molecule has 0 fully saturated rings. The molecule has 1 aromatic heterocycles. The van der Waals surface area contributed by atoms with Crippen LogP contribution in [0.5, 0.6) is 5.88 Å².